The van der Waals surface area contributed by atoms with Gasteiger partial charge in [0.15, 0.2) is 0 Å². The van der Waals surface area contributed by atoms with Crippen LogP contribution in [0.25, 0.3) is 0 Å². The van der Waals surface area contributed by atoms with Crippen molar-refractivity contribution in [2.24, 2.45) is 11.7 Å². The Kier molecular flexibility index (Phi) is 6.62. The highest BCUT2D eigenvalue weighted by Gasteiger charge is 2.32. The lowest BCUT2D eigenvalue weighted by atomic mass is 9.75. The van der Waals surface area contributed by atoms with Gasteiger partial charge in [0.25, 0.3) is 0 Å². The molecule has 2 nitrogen and oxygen atoms in total. The van der Waals surface area contributed by atoms with E-state index >= 15 is 0 Å². The van der Waals surface area contributed by atoms with E-state index in [9.17, 15) is 0 Å². The lowest BCUT2D eigenvalue weighted by Gasteiger charge is -2.40. The molecule has 0 bridgehead atoms. The predicted octanol–water partition coefficient (Wildman–Crippen LogP) is 2.68. The van der Waals surface area contributed by atoms with Crippen LogP contribution in [0.2, 0.25) is 0 Å². The Hall–Kier alpha value is -0.520. The molecule has 0 unspecified atom stereocenters. The van der Waals surface area contributed by atoms with Crippen molar-refractivity contribution in [1.29, 1.82) is 0 Å². The summed E-state index contributed by atoms with van der Waals surface area (Å²) in [5.41, 5.74) is 6.18. The fourth-order valence-corrected chi connectivity index (χ4v) is 2.90. The van der Waals surface area contributed by atoms with Crippen molar-refractivity contribution in [1.82, 2.24) is 5.32 Å². The van der Waals surface area contributed by atoms with Gasteiger partial charge in [0.1, 0.15) is 0 Å². The summed E-state index contributed by atoms with van der Waals surface area (Å²) in [4.78, 5) is 0. The maximum atomic E-state index is 5.97. The van der Waals surface area contributed by atoms with Crippen LogP contribution < -0.4 is 11.1 Å². The van der Waals surface area contributed by atoms with Crippen LogP contribution in [-0.2, 0) is 0 Å². The van der Waals surface area contributed by atoms with Gasteiger partial charge in [-0.3, -0.25) is 0 Å². The van der Waals surface area contributed by atoms with Gasteiger partial charge in [-0.25, -0.2) is 0 Å². The maximum absolute atomic E-state index is 5.97. The molecular formula is C15H28N2. The van der Waals surface area contributed by atoms with Crippen molar-refractivity contribution in [3.05, 3.63) is 0 Å². The van der Waals surface area contributed by atoms with Gasteiger partial charge >= 0.3 is 0 Å². The molecule has 1 saturated carbocycles. The van der Waals surface area contributed by atoms with Gasteiger partial charge in [-0.15, -0.1) is 11.8 Å². The van der Waals surface area contributed by atoms with Crippen LogP contribution in [0.1, 0.15) is 58.8 Å². The SMILES string of the molecule is CC#CCCNC1(CN)CCC(CCC)CC1. The van der Waals surface area contributed by atoms with E-state index in [1.807, 2.05) is 6.92 Å². The fourth-order valence-electron chi connectivity index (χ4n) is 2.90. The Bertz CT molecular complexity index is 254. The van der Waals surface area contributed by atoms with Crippen LogP contribution in [0.3, 0.4) is 0 Å². The first-order valence-electron chi connectivity index (χ1n) is 7.11. The molecule has 1 aliphatic carbocycles. The third-order valence-electron chi connectivity index (χ3n) is 4.08. The predicted molar refractivity (Wildman–Crippen MR) is 74.7 cm³/mol. The Morgan fingerprint density at radius 3 is 2.59 bits per heavy atom. The molecule has 1 aliphatic rings. The highest BCUT2D eigenvalue weighted by Crippen LogP contribution is 2.33. The first-order chi connectivity index (χ1) is 8.26. The quantitative estimate of drug-likeness (QED) is 0.549. The molecule has 0 aromatic heterocycles. The molecule has 1 fully saturated rings. The third-order valence-corrected chi connectivity index (χ3v) is 4.08. The Balaban J connectivity index is 2.34. The second kappa shape index (κ2) is 7.74. The van der Waals surface area contributed by atoms with Crippen molar-refractivity contribution < 1.29 is 0 Å². The molecule has 0 atom stereocenters. The van der Waals surface area contributed by atoms with Crippen molar-refractivity contribution in [2.75, 3.05) is 13.1 Å². The van der Waals surface area contributed by atoms with Crippen LogP contribution in [-0.4, -0.2) is 18.6 Å². The average molecular weight is 236 g/mol. The van der Waals surface area contributed by atoms with Gasteiger partial charge < -0.3 is 11.1 Å². The van der Waals surface area contributed by atoms with Crippen LogP contribution >= 0.6 is 0 Å². The van der Waals surface area contributed by atoms with Crippen molar-refractivity contribution in [3.63, 3.8) is 0 Å². The summed E-state index contributed by atoms with van der Waals surface area (Å²) in [6.07, 6.45) is 8.83. The minimum atomic E-state index is 0.208. The van der Waals surface area contributed by atoms with E-state index in [1.165, 1.54) is 38.5 Å². The molecule has 0 aromatic rings. The largest absolute Gasteiger partial charge is 0.329 e. The molecule has 2 heteroatoms. The minimum Gasteiger partial charge on any atom is -0.329 e. The van der Waals surface area contributed by atoms with Crippen molar-refractivity contribution >= 4 is 0 Å². The van der Waals surface area contributed by atoms with E-state index in [-0.39, 0.29) is 5.54 Å². The molecule has 0 heterocycles. The summed E-state index contributed by atoms with van der Waals surface area (Å²) in [6, 6.07) is 0. The third kappa shape index (κ3) is 4.69. The van der Waals surface area contributed by atoms with E-state index in [2.05, 4.69) is 24.1 Å². The Morgan fingerprint density at radius 1 is 1.35 bits per heavy atom. The summed E-state index contributed by atoms with van der Waals surface area (Å²) in [7, 11) is 0. The summed E-state index contributed by atoms with van der Waals surface area (Å²) < 4.78 is 0. The van der Waals surface area contributed by atoms with Crippen LogP contribution in [0.15, 0.2) is 0 Å². The molecule has 0 aromatic carbocycles. The Labute approximate surface area is 107 Å². The standard InChI is InChI=1S/C15H28N2/c1-3-5-6-12-17-15(13-16)10-8-14(7-4-2)9-11-15/h14,17H,4,6-13,16H2,1-2H3. The van der Waals surface area contributed by atoms with E-state index < -0.39 is 0 Å². The highest BCUT2D eigenvalue weighted by molar-refractivity contribution is 4.98. The van der Waals surface area contributed by atoms with Gasteiger partial charge in [-0.1, -0.05) is 19.8 Å². The van der Waals surface area contributed by atoms with E-state index in [0.29, 0.717) is 0 Å². The first-order valence-corrected chi connectivity index (χ1v) is 7.11. The van der Waals surface area contributed by atoms with Crippen LogP contribution in [0.5, 0.6) is 0 Å². The summed E-state index contributed by atoms with van der Waals surface area (Å²) >= 11 is 0. The van der Waals surface area contributed by atoms with Gasteiger partial charge in [0, 0.05) is 25.0 Å². The lowest BCUT2D eigenvalue weighted by molar-refractivity contribution is 0.189. The average Bonchev–Trinajstić information content (AvgIpc) is 2.37. The summed E-state index contributed by atoms with van der Waals surface area (Å²) in [5, 5.41) is 3.65. The fraction of sp³-hybridized carbons (Fsp3) is 0.867. The molecule has 0 saturated heterocycles. The number of nitrogens with two attached hydrogens (primary N) is 1. The topological polar surface area (TPSA) is 38.0 Å². The molecule has 0 radical (unpaired) electrons. The smallest absolute Gasteiger partial charge is 0.0304 e. The second-order valence-electron chi connectivity index (χ2n) is 5.32. The number of hydrogen-bond donors (Lipinski definition) is 2. The van der Waals surface area contributed by atoms with Gasteiger partial charge in [0.2, 0.25) is 0 Å². The lowest BCUT2D eigenvalue weighted by Crippen LogP contribution is -2.53. The zero-order valence-corrected chi connectivity index (χ0v) is 11.5. The molecule has 0 amide bonds. The monoisotopic (exact) mass is 236 g/mol. The zero-order chi connectivity index (χ0) is 12.6. The zero-order valence-electron chi connectivity index (χ0n) is 11.5. The normalized spacial score (nSPS) is 28.5. The van der Waals surface area contributed by atoms with Gasteiger partial charge in [0.05, 0.1) is 0 Å². The highest BCUT2D eigenvalue weighted by atomic mass is 15.0. The van der Waals surface area contributed by atoms with Gasteiger partial charge in [-0.05, 0) is 38.5 Å². The molecule has 17 heavy (non-hydrogen) atoms. The van der Waals surface area contributed by atoms with Crippen molar-refractivity contribution in [3.8, 4) is 11.8 Å². The summed E-state index contributed by atoms with van der Waals surface area (Å²) in [6.45, 7) is 5.93. The Morgan fingerprint density at radius 2 is 2.06 bits per heavy atom. The van der Waals surface area contributed by atoms with E-state index in [1.54, 1.807) is 0 Å². The number of nitrogens with one attached hydrogen (secondary N) is 1. The molecule has 3 N–H and O–H groups in total. The van der Waals surface area contributed by atoms with Gasteiger partial charge in [-0.2, -0.15) is 0 Å². The van der Waals surface area contributed by atoms with E-state index in [4.69, 9.17) is 5.73 Å². The minimum absolute atomic E-state index is 0.208. The van der Waals surface area contributed by atoms with E-state index in [0.717, 1.165) is 25.4 Å². The summed E-state index contributed by atoms with van der Waals surface area (Å²) in [5.74, 6) is 6.99. The van der Waals surface area contributed by atoms with Crippen molar-refractivity contribution in [2.45, 2.75) is 64.3 Å². The molecule has 0 spiro atoms. The molecule has 0 aliphatic heterocycles. The number of hydrogen-bond acceptors (Lipinski definition) is 2. The van der Waals surface area contributed by atoms with Crippen LogP contribution in [0, 0.1) is 17.8 Å². The van der Waals surface area contributed by atoms with Crippen LogP contribution in [0.4, 0.5) is 0 Å². The number of rotatable bonds is 6. The maximum Gasteiger partial charge on any atom is 0.0304 e. The molecular weight excluding hydrogens is 208 g/mol. The first kappa shape index (κ1) is 14.5. The second-order valence-corrected chi connectivity index (χ2v) is 5.32. The molecule has 98 valence electrons. The molecule has 1 rings (SSSR count).